The van der Waals surface area contributed by atoms with E-state index in [9.17, 15) is 13.2 Å². The summed E-state index contributed by atoms with van der Waals surface area (Å²) in [4.78, 5) is 14.7. The van der Waals surface area contributed by atoms with Crippen molar-refractivity contribution in [1.29, 1.82) is 0 Å². The highest BCUT2D eigenvalue weighted by molar-refractivity contribution is 7.91. The van der Waals surface area contributed by atoms with E-state index < -0.39 is 9.84 Å². The first-order valence-electron chi connectivity index (χ1n) is 9.13. The van der Waals surface area contributed by atoms with E-state index in [1.54, 1.807) is 0 Å². The fourth-order valence-corrected chi connectivity index (χ4v) is 5.52. The van der Waals surface area contributed by atoms with Gasteiger partial charge >= 0.3 is 0 Å². The van der Waals surface area contributed by atoms with Gasteiger partial charge in [-0.25, -0.2) is 8.42 Å². The zero-order valence-electron chi connectivity index (χ0n) is 15.0. The average molecular weight is 381 g/mol. The largest absolute Gasteiger partial charge is 0.339 e. The minimum atomic E-state index is -2.95. The lowest BCUT2D eigenvalue weighted by molar-refractivity contribution is -0.134. The van der Waals surface area contributed by atoms with Crippen molar-refractivity contribution in [2.75, 3.05) is 31.1 Å². The van der Waals surface area contributed by atoms with Crippen molar-refractivity contribution in [2.24, 2.45) is 11.8 Å². The van der Waals surface area contributed by atoms with Crippen molar-refractivity contribution in [2.45, 2.75) is 58.4 Å². The third-order valence-electron chi connectivity index (χ3n) is 5.36. The number of hydrogen-bond donors (Lipinski definition) is 1. The molecule has 1 N–H and O–H groups in total. The third-order valence-corrected chi connectivity index (χ3v) is 7.11. The summed E-state index contributed by atoms with van der Waals surface area (Å²) in [6, 6.07) is -0.101. The van der Waals surface area contributed by atoms with Crippen molar-refractivity contribution in [1.82, 2.24) is 10.2 Å². The zero-order valence-corrected chi connectivity index (χ0v) is 16.6. The van der Waals surface area contributed by atoms with Gasteiger partial charge in [-0.05, 0) is 50.6 Å². The summed E-state index contributed by atoms with van der Waals surface area (Å²) in [6.07, 6.45) is 5.49. The van der Waals surface area contributed by atoms with Crippen molar-refractivity contribution < 1.29 is 13.2 Å². The van der Waals surface area contributed by atoms with Crippen LogP contribution < -0.4 is 5.32 Å². The molecular weight excluding hydrogens is 348 g/mol. The zero-order chi connectivity index (χ0) is 16.9. The summed E-state index contributed by atoms with van der Waals surface area (Å²) in [7, 11) is -2.95. The molecule has 0 aliphatic carbocycles. The number of carbonyl (C=O) groups excluding carboxylic acids is 1. The number of hydrogen-bond acceptors (Lipinski definition) is 4. The van der Waals surface area contributed by atoms with Crippen LogP contribution in [-0.4, -0.2) is 56.4 Å². The number of nitrogens with one attached hydrogen (secondary N) is 1. The van der Waals surface area contributed by atoms with Gasteiger partial charge in [-0.1, -0.05) is 20.3 Å². The van der Waals surface area contributed by atoms with Gasteiger partial charge in [0.25, 0.3) is 0 Å². The fourth-order valence-electron chi connectivity index (χ4n) is 3.78. The Morgan fingerprint density at radius 3 is 2.62 bits per heavy atom. The first-order chi connectivity index (χ1) is 10.9. The molecule has 2 saturated heterocycles. The Hall–Kier alpha value is -0.330. The number of nitrogens with zero attached hydrogens (tertiary/aromatic N) is 1. The van der Waals surface area contributed by atoms with Crippen LogP contribution in [0, 0.1) is 11.8 Å². The van der Waals surface area contributed by atoms with Crippen LogP contribution in [0.25, 0.3) is 0 Å². The Morgan fingerprint density at radius 1 is 1.33 bits per heavy atom. The topological polar surface area (TPSA) is 66.5 Å². The Bertz CT molecular complexity index is 492. The standard InChI is InChI=1S/C17H32N2O3S.ClH/c1-3-4-9-19(16-7-10-23(21,22)13-16)17(20)11-14(2)15-6-5-8-18-12-15;/h14-16,18H,3-13H2,1-2H3;1H. The lowest BCUT2D eigenvalue weighted by atomic mass is 9.85. The van der Waals surface area contributed by atoms with Gasteiger partial charge in [0.05, 0.1) is 11.5 Å². The van der Waals surface area contributed by atoms with Crippen molar-refractivity contribution >= 4 is 28.2 Å². The predicted molar refractivity (Wildman–Crippen MR) is 100 cm³/mol. The number of unbranched alkanes of at least 4 members (excludes halogenated alkanes) is 1. The summed E-state index contributed by atoms with van der Waals surface area (Å²) in [5.41, 5.74) is 0. The number of halogens is 1. The molecule has 0 aromatic rings. The average Bonchev–Trinajstić information content (AvgIpc) is 2.88. The molecule has 0 aromatic heterocycles. The Balaban J connectivity index is 0.00000288. The van der Waals surface area contributed by atoms with Gasteiger partial charge in [0, 0.05) is 19.0 Å². The molecule has 7 heteroatoms. The van der Waals surface area contributed by atoms with E-state index in [1.165, 1.54) is 12.8 Å². The summed E-state index contributed by atoms with van der Waals surface area (Å²) < 4.78 is 23.5. The second-order valence-electron chi connectivity index (χ2n) is 7.29. The quantitative estimate of drug-likeness (QED) is 0.735. The van der Waals surface area contributed by atoms with E-state index in [0.29, 0.717) is 31.2 Å². The highest BCUT2D eigenvalue weighted by Gasteiger charge is 2.35. The van der Waals surface area contributed by atoms with E-state index in [1.807, 2.05) is 4.90 Å². The van der Waals surface area contributed by atoms with Crippen LogP contribution in [0.2, 0.25) is 0 Å². The molecule has 0 spiro atoms. The van der Waals surface area contributed by atoms with Crippen LogP contribution in [-0.2, 0) is 14.6 Å². The minimum absolute atomic E-state index is 0. The fraction of sp³-hybridized carbons (Fsp3) is 0.941. The van der Waals surface area contributed by atoms with Crippen LogP contribution >= 0.6 is 12.4 Å². The van der Waals surface area contributed by atoms with E-state index in [-0.39, 0.29) is 35.9 Å². The first-order valence-corrected chi connectivity index (χ1v) is 11.0. The molecule has 24 heavy (non-hydrogen) atoms. The van der Waals surface area contributed by atoms with Crippen molar-refractivity contribution in [3.8, 4) is 0 Å². The highest BCUT2D eigenvalue weighted by atomic mass is 35.5. The van der Waals surface area contributed by atoms with Gasteiger partial charge in [-0.2, -0.15) is 0 Å². The van der Waals surface area contributed by atoms with E-state index in [4.69, 9.17) is 0 Å². The van der Waals surface area contributed by atoms with Gasteiger partial charge < -0.3 is 10.2 Å². The van der Waals surface area contributed by atoms with Crippen molar-refractivity contribution in [3.63, 3.8) is 0 Å². The molecule has 1 amide bonds. The van der Waals surface area contributed by atoms with Crippen molar-refractivity contribution in [3.05, 3.63) is 0 Å². The second kappa shape index (κ2) is 9.97. The van der Waals surface area contributed by atoms with Crippen LogP contribution in [0.15, 0.2) is 0 Å². The summed E-state index contributed by atoms with van der Waals surface area (Å²) in [5, 5.41) is 3.41. The third kappa shape index (κ3) is 6.19. The summed E-state index contributed by atoms with van der Waals surface area (Å²) in [5.74, 6) is 1.46. The van der Waals surface area contributed by atoms with Crippen LogP contribution in [0.4, 0.5) is 0 Å². The molecule has 5 nitrogen and oxygen atoms in total. The van der Waals surface area contributed by atoms with Crippen LogP contribution in [0.5, 0.6) is 0 Å². The Morgan fingerprint density at radius 2 is 2.08 bits per heavy atom. The molecule has 3 unspecified atom stereocenters. The Kier molecular flexibility index (Phi) is 9.02. The van der Waals surface area contributed by atoms with E-state index >= 15 is 0 Å². The molecule has 2 rings (SSSR count). The van der Waals surface area contributed by atoms with Gasteiger partial charge in [-0.15, -0.1) is 12.4 Å². The lowest BCUT2D eigenvalue weighted by Crippen LogP contribution is -2.43. The maximum absolute atomic E-state index is 12.8. The summed E-state index contributed by atoms with van der Waals surface area (Å²) >= 11 is 0. The van der Waals surface area contributed by atoms with Gasteiger partial charge in [0.15, 0.2) is 9.84 Å². The number of sulfone groups is 1. The second-order valence-corrected chi connectivity index (χ2v) is 9.51. The summed E-state index contributed by atoms with van der Waals surface area (Å²) in [6.45, 7) is 7.05. The molecule has 142 valence electrons. The molecule has 0 radical (unpaired) electrons. The first kappa shape index (κ1) is 21.7. The molecule has 3 atom stereocenters. The SMILES string of the molecule is CCCCN(C(=O)CC(C)C1CCCNC1)C1CCS(=O)(=O)C1.Cl. The molecule has 0 saturated carbocycles. The number of piperidine rings is 1. The molecule has 0 aromatic carbocycles. The smallest absolute Gasteiger partial charge is 0.223 e. The maximum atomic E-state index is 12.8. The molecule has 2 aliphatic rings. The predicted octanol–water partition coefficient (Wildman–Crippen LogP) is 2.25. The van der Waals surface area contributed by atoms with E-state index in [0.717, 1.165) is 25.9 Å². The molecule has 2 aliphatic heterocycles. The molecule has 2 heterocycles. The molecule has 0 bridgehead atoms. The van der Waals surface area contributed by atoms with Gasteiger partial charge in [0.1, 0.15) is 0 Å². The Labute approximate surface area is 153 Å². The number of carbonyl (C=O) groups is 1. The monoisotopic (exact) mass is 380 g/mol. The highest BCUT2D eigenvalue weighted by Crippen LogP contribution is 2.25. The number of rotatable bonds is 7. The number of amides is 1. The molecule has 2 fully saturated rings. The maximum Gasteiger partial charge on any atom is 0.223 e. The molecular formula is C17H33ClN2O3S. The lowest BCUT2D eigenvalue weighted by Gasteiger charge is -2.32. The van der Waals surface area contributed by atoms with Crippen LogP contribution in [0.3, 0.4) is 0 Å². The van der Waals surface area contributed by atoms with Gasteiger partial charge in [-0.3, -0.25) is 4.79 Å². The van der Waals surface area contributed by atoms with Crippen LogP contribution in [0.1, 0.15) is 52.4 Å². The minimum Gasteiger partial charge on any atom is -0.339 e. The van der Waals surface area contributed by atoms with E-state index in [2.05, 4.69) is 19.2 Å². The normalized spacial score (nSPS) is 27.2. The van der Waals surface area contributed by atoms with Gasteiger partial charge in [0.2, 0.25) is 5.91 Å².